The normalized spacial score (nSPS) is 11.8. The van der Waals surface area contributed by atoms with Crippen LogP contribution in [0.1, 0.15) is 70.9 Å². The van der Waals surface area contributed by atoms with Gasteiger partial charge in [0.25, 0.3) is 0 Å². The lowest BCUT2D eigenvalue weighted by atomic mass is 10.0. The number of hydrogen-bond donors (Lipinski definition) is 1. The van der Waals surface area contributed by atoms with Gasteiger partial charge in [-0.25, -0.2) is 4.79 Å². The first kappa shape index (κ1) is 22.9. The summed E-state index contributed by atoms with van der Waals surface area (Å²) in [7, 11) is 1.28. The molecule has 0 saturated heterocycles. The lowest BCUT2D eigenvalue weighted by molar-refractivity contribution is -0.132. The van der Waals surface area contributed by atoms with E-state index in [0.717, 1.165) is 16.5 Å². The smallest absolute Gasteiger partial charge is 0.339 e. The van der Waals surface area contributed by atoms with Crippen molar-refractivity contribution in [3.8, 4) is 0 Å². The lowest BCUT2D eigenvalue weighted by Gasteiger charge is -2.30. The molecule has 7 heteroatoms. The molecule has 0 aliphatic carbocycles. The van der Waals surface area contributed by atoms with E-state index in [9.17, 15) is 14.4 Å². The molecule has 0 saturated carbocycles. The highest BCUT2D eigenvalue weighted by Gasteiger charge is 2.28. The third kappa shape index (κ3) is 4.96. The largest absolute Gasteiger partial charge is 0.465 e. The zero-order chi connectivity index (χ0) is 21.7. The fourth-order valence-corrected chi connectivity index (χ4v) is 4.15. The van der Waals surface area contributed by atoms with Gasteiger partial charge in [-0.05, 0) is 37.5 Å². The van der Waals surface area contributed by atoms with Gasteiger partial charge in [0.15, 0.2) is 5.78 Å². The maximum Gasteiger partial charge on any atom is 0.339 e. The van der Waals surface area contributed by atoms with E-state index in [2.05, 4.69) is 20.9 Å². The molecule has 1 aromatic heterocycles. The van der Waals surface area contributed by atoms with Gasteiger partial charge in [0.2, 0.25) is 5.91 Å². The monoisotopic (exact) mass is 462 g/mol. The van der Waals surface area contributed by atoms with Crippen molar-refractivity contribution in [2.24, 2.45) is 0 Å². The summed E-state index contributed by atoms with van der Waals surface area (Å²) < 4.78 is 5.81. The molecule has 0 fully saturated rings. The molecule has 1 heterocycles. The summed E-state index contributed by atoms with van der Waals surface area (Å²) >= 11 is 3.56. The first-order valence-corrected chi connectivity index (χ1v) is 10.4. The minimum Gasteiger partial charge on any atom is -0.465 e. The molecule has 1 atom stereocenters. The highest BCUT2D eigenvalue weighted by atomic mass is 79.9. The summed E-state index contributed by atoms with van der Waals surface area (Å²) in [6, 6.07) is 7.65. The van der Waals surface area contributed by atoms with Gasteiger partial charge in [0.05, 0.1) is 30.8 Å². The summed E-state index contributed by atoms with van der Waals surface area (Å²) in [4.78, 5) is 42.2. The predicted octanol–water partition coefficient (Wildman–Crippen LogP) is 4.62. The molecule has 0 bridgehead atoms. The second kappa shape index (κ2) is 9.87. The molecule has 0 aliphatic rings. The van der Waals surface area contributed by atoms with Gasteiger partial charge in [-0.3, -0.25) is 9.59 Å². The molecule has 0 aliphatic heterocycles. The highest BCUT2D eigenvalue weighted by Crippen LogP contribution is 2.29. The molecule has 1 aromatic carbocycles. The Morgan fingerprint density at radius 1 is 1.24 bits per heavy atom. The van der Waals surface area contributed by atoms with Gasteiger partial charge in [0, 0.05) is 23.6 Å². The molecule has 2 rings (SSSR count). The Balaban J connectivity index is 2.40. The number of aromatic nitrogens is 1. The van der Waals surface area contributed by atoms with Crippen LogP contribution in [0.5, 0.6) is 0 Å². The maximum atomic E-state index is 13.2. The van der Waals surface area contributed by atoms with Crippen LogP contribution in [0.2, 0.25) is 0 Å². The second-order valence-electron chi connectivity index (χ2n) is 6.99. The van der Waals surface area contributed by atoms with Gasteiger partial charge in [-0.15, -0.1) is 0 Å². The van der Waals surface area contributed by atoms with Crippen molar-refractivity contribution in [3.05, 3.63) is 56.8 Å². The Morgan fingerprint density at radius 3 is 2.45 bits per heavy atom. The molecule has 0 radical (unpaired) electrons. The zero-order valence-corrected chi connectivity index (χ0v) is 19.1. The third-order valence-electron chi connectivity index (χ3n) is 5.00. The van der Waals surface area contributed by atoms with Crippen LogP contribution in [0.3, 0.4) is 0 Å². The molecule has 6 nitrogen and oxygen atoms in total. The minimum absolute atomic E-state index is 0.0205. The molecule has 0 spiro atoms. The first-order chi connectivity index (χ1) is 13.7. The standard InChI is InChI=1S/C22H27BrN2O4/c1-6-11-25(14(3)16-9-7-8-10-17(16)23)19(27)12-18-20(22(28)29-5)13(2)21(24-18)15(4)26/h7-10,14,24H,6,11-12H2,1-5H3. The summed E-state index contributed by atoms with van der Waals surface area (Å²) in [6.07, 6.45) is 0.778. The highest BCUT2D eigenvalue weighted by molar-refractivity contribution is 9.10. The number of Topliss-reactive ketones (excluding diaryl/α,β-unsaturated/α-hetero) is 1. The van der Waals surface area contributed by atoms with E-state index < -0.39 is 5.97 Å². The molecule has 1 N–H and O–H groups in total. The summed E-state index contributed by atoms with van der Waals surface area (Å²) in [6.45, 7) is 7.68. The second-order valence-corrected chi connectivity index (χ2v) is 7.84. The molecular weight excluding hydrogens is 436 g/mol. The van der Waals surface area contributed by atoms with Crippen LogP contribution >= 0.6 is 15.9 Å². The fraction of sp³-hybridized carbons (Fsp3) is 0.409. The SMILES string of the molecule is CCCN(C(=O)Cc1[nH]c(C(C)=O)c(C)c1C(=O)OC)C(C)c1ccccc1Br. The number of aromatic amines is 1. The number of ether oxygens (including phenoxy) is 1. The van der Waals surface area contributed by atoms with E-state index in [1.54, 1.807) is 11.8 Å². The molecule has 29 heavy (non-hydrogen) atoms. The molecule has 1 unspecified atom stereocenters. The zero-order valence-electron chi connectivity index (χ0n) is 17.5. The number of halogens is 1. The number of H-pyrrole nitrogens is 1. The number of nitrogens with one attached hydrogen (secondary N) is 1. The number of hydrogen-bond acceptors (Lipinski definition) is 4. The van der Waals surface area contributed by atoms with E-state index in [4.69, 9.17) is 4.74 Å². The van der Waals surface area contributed by atoms with Gasteiger partial charge in [-0.2, -0.15) is 0 Å². The number of esters is 1. The summed E-state index contributed by atoms with van der Waals surface area (Å²) in [5, 5.41) is 0. The molecule has 1 amide bonds. The van der Waals surface area contributed by atoms with Crippen molar-refractivity contribution in [3.63, 3.8) is 0 Å². The van der Waals surface area contributed by atoms with Crippen LogP contribution in [0.15, 0.2) is 28.7 Å². The van der Waals surface area contributed by atoms with E-state index in [0.29, 0.717) is 23.5 Å². The number of nitrogens with zero attached hydrogens (tertiary/aromatic N) is 1. The van der Waals surface area contributed by atoms with E-state index >= 15 is 0 Å². The van der Waals surface area contributed by atoms with Crippen molar-refractivity contribution in [2.75, 3.05) is 13.7 Å². The predicted molar refractivity (Wildman–Crippen MR) is 115 cm³/mol. The number of ketones is 1. The minimum atomic E-state index is -0.560. The van der Waals surface area contributed by atoms with Crippen LogP contribution in [0.4, 0.5) is 0 Å². The number of methoxy groups -OCH3 is 1. The van der Waals surface area contributed by atoms with E-state index in [1.807, 2.05) is 38.1 Å². The number of benzene rings is 1. The van der Waals surface area contributed by atoms with Gasteiger partial charge >= 0.3 is 5.97 Å². The van der Waals surface area contributed by atoms with Crippen molar-refractivity contribution < 1.29 is 19.1 Å². The van der Waals surface area contributed by atoms with Crippen molar-refractivity contribution in [2.45, 2.75) is 46.6 Å². The van der Waals surface area contributed by atoms with Crippen molar-refractivity contribution in [1.29, 1.82) is 0 Å². The number of amides is 1. The van der Waals surface area contributed by atoms with Crippen molar-refractivity contribution >= 4 is 33.6 Å². The Kier molecular flexibility index (Phi) is 7.79. The van der Waals surface area contributed by atoms with Crippen LogP contribution in [-0.4, -0.2) is 41.2 Å². The average molecular weight is 463 g/mol. The average Bonchev–Trinajstić information content (AvgIpc) is 3.01. The maximum absolute atomic E-state index is 13.2. The summed E-state index contributed by atoms with van der Waals surface area (Å²) in [5.74, 6) is -0.884. The third-order valence-corrected chi connectivity index (χ3v) is 5.73. The Hall–Kier alpha value is -2.41. The Morgan fingerprint density at radius 2 is 1.90 bits per heavy atom. The molecule has 156 valence electrons. The lowest BCUT2D eigenvalue weighted by Crippen LogP contribution is -2.36. The van der Waals surface area contributed by atoms with Crippen LogP contribution in [0.25, 0.3) is 0 Å². The topological polar surface area (TPSA) is 79.5 Å². The van der Waals surface area contributed by atoms with E-state index in [1.165, 1.54) is 14.0 Å². The fourth-order valence-electron chi connectivity index (χ4n) is 3.53. The first-order valence-electron chi connectivity index (χ1n) is 9.57. The van der Waals surface area contributed by atoms with Gasteiger partial charge in [-0.1, -0.05) is 41.1 Å². The Bertz CT molecular complexity index is 920. The quantitative estimate of drug-likeness (QED) is 0.458. The van der Waals surface area contributed by atoms with Crippen LogP contribution in [0, 0.1) is 6.92 Å². The number of carbonyl (C=O) groups excluding carboxylic acids is 3. The number of carbonyl (C=O) groups is 3. The molecule has 2 aromatic rings. The van der Waals surface area contributed by atoms with E-state index in [-0.39, 0.29) is 29.7 Å². The van der Waals surface area contributed by atoms with Crippen LogP contribution in [-0.2, 0) is 16.0 Å². The summed E-state index contributed by atoms with van der Waals surface area (Å²) in [5.41, 5.74) is 2.51. The Labute approximate surface area is 179 Å². The molecular formula is C22H27BrN2O4. The van der Waals surface area contributed by atoms with Gasteiger partial charge in [0.1, 0.15) is 0 Å². The van der Waals surface area contributed by atoms with Gasteiger partial charge < -0.3 is 14.6 Å². The van der Waals surface area contributed by atoms with Crippen LogP contribution < -0.4 is 0 Å². The number of rotatable bonds is 8. The van der Waals surface area contributed by atoms with Crippen molar-refractivity contribution in [1.82, 2.24) is 9.88 Å².